The van der Waals surface area contributed by atoms with E-state index in [1.54, 1.807) is 0 Å². The van der Waals surface area contributed by atoms with Crippen LogP contribution in [0.5, 0.6) is 0 Å². The molecule has 3 aromatic rings. The summed E-state index contributed by atoms with van der Waals surface area (Å²) in [5, 5.41) is 4.79. The maximum atomic E-state index is 5.53. The van der Waals surface area contributed by atoms with Crippen LogP contribution in [-0.2, 0) is 4.74 Å². The molecule has 0 bridgehead atoms. The van der Waals surface area contributed by atoms with Crippen LogP contribution in [0.1, 0.15) is 22.7 Å². The Kier molecular flexibility index (Phi) is 5.32. The number of nitrogens with zero attached hydrogens (tertiary/aromatic N) is 3. The molecule has 1 aromatic carbocycles. The number of fused-ring (bicyclic) bond motifs is 1. The molecule has 1 N–H and O–H groups in total. The summed E-state index contributed by atoms with van der Waals surface area (Å²) in [5.74, 6) is 0.922. The van der Waals surface area contributed by atoms with Gasteiger partial charge < -0.3 is 10.1 Å². The van der Waals surface area contributed by atoms with E-state index in [2.05, 4.69) is 59.4 Å². The van der Waals surface area contributed by atoms with Gasteiger partial charge in [-0.15, -0.1) is 0 Å². The molecule has 0 spiro atoms. The van der Waals surface area contributed by atoms with E-state index >= 15 is 0 Å². The standard InChI is InChI=1S/C22H26N4O/c1-16-5-6-20-19(12-16)17(2)13-22(25-20)24-15-21(18-4-3-7-23-14-18)26-8-10-27-11-9-26/h3-7,12-14,21H,8-11,15H2,1-2H3,(H,24,25)/t21-/m0/s1. The van der Waals surface area contributed by atoms with E-state index in [-0.39, 0.29) is 6.04 Å². The lowest BCUT2D eigenvalue weighted by molar-refractivity contribution is 0.0186. The van der Waals surface area contributed by atoms with Crippen molar-refractivity contribution in [1.29, 1.82) is 0 Å². The molecule has 3 heterocycles. The summed E-state index contributed by atoms with van der Waals surface area (Å²) in [6, 6.07) is 13.0. The Morgan fingerprint density at radius 1 is 1.15 bits per heavy atom. The third kappa shape index (κ3) is 4.10. The summed E-state index contributed by atoms with van der Waals surface area (Å²) in [4.78, 5) is 11.6. The van der Waals surface area contributed by atoms with Gasteiger partial charge in [-0.05, 0) is 49.2 Å². The van der Waals surface area contributed by atoms with Crippen molar-refractivity contribution in [2.24, 2.45) is 0 Å². The number of hydrogen-bond acceptors (Lipinski definition) is 5. The zero-order valence-corrected chi connectivity index (χ0v) is 16.0. The Morgan fingerprint density at radius 3 is 2.78 bits per heavy atom. The van der Waals surface area contributed by atoms with E-state index in [0.717, 1.165) is 44.2 Å². The number of pyridine rings is 2. The molecule has 1 aliphatic heterocycles. The van der Waals surface area contributed by atoms with Gasteiger partial charge in [0.25, 0.3) is 0 Å². The van der Waals surface area contributed by atoms with Crippen LogP contribution < -0.4 is 5.32 Å². The average Bonchev–Trinajstić information content (AvgIpc) is 2.70. The number of aromatic nitrogens is 2. The SMILES string of the molecule is Cc1ccc2nc(NC[C@@H](c3cccnc3)N3CCOCC3)cc(C)c2c1. The Labute approximate surface area is 160 Å². The van der Waals surface area contributed by atoms with E-state index in [0.29, 0.717) is 0 Å². The minimum atomic E-state index is 0.249. The van der Waals surface area contributed by atoms with E-state index in [4.69, 9.17) is 9.72 Å². The lowest BCUT2D eigenvalue weighted by Crippen LogP contribution is -2.41. The molecule has 5 nitrogen and oxygen atoms in total. The van der Waals surface area contributed by atoms with E-state index in [1.165, 1.54) is 22.1 Å². The molecule has 27 heavy (non-hydrogen) atoms. The molecule has 140 valence electrons. The van der Waals surface area contributed by atoms with Gasteiger partial charge in [-0.1, -0.05) is 17.7 Å². The summed E-state index contributed by atoms with van der Waals surface area (Å²) < 4.78 is 5.53. The predicted octanol–water partition coefficient (Wildman–Crippen LogP) is 3.73. The third-order valence-electron chi connectivity index (χ3n) is 5.20. The fourth-order valence-electron chi connectivity index (χ4n) is 3.72. The molecule has 4 rings (SSSR count). The maximum absolute atomic E-state index is 5.53. The van der Waals surface area contributed by atoms with Gasteiger partial charge in [0, 0.05) is 37.4 Å². The molecule has 0 unspecified atom stereocenters. The summed E-state index contributed by atoms with van der Waals surface area (Å²) in [7, 11) is 0. The van der Waals surface area contributed by atoms with Crippen molar-refractivity contribution < 1.29 is 4.74 Å². The molecule has 2 aromatic heterocycles. The molecular formula is C22H26N4O. The lowest BCUT2D eigenvalue weighted by atomic mass is 10.1. The largest absolute Gasteiger partial charge is 0.379 e. The molecular weight excluding hydrogens is 336 g/mol. The quantitative estimate of drug-likeness (QED) is 0.749. The van der Waals surface area contributed by atoms with Gasteiger partial charge in [0.2, 0.25) is 0 Å². The smallest absolute Gasteiger partial charge is 0.126 e. The van der Waals surface area contributed by atoms with Crippen LogP contribution in [0, 0.1) is 13.8 Å². The maximum Gasteiger partial charge on any atom is 0.126 e. The first-order valence-electron chi connectivity index (χ1n) is 9.54. The number of nitrogens with one attached hydrogen (secondary N) is 1. The molecule has 0 radical (unpaired) electrons. The van der Waals surface area contributed by atoms with Crippen LogP contribution in [0.15, 0.2) is 48.8 Å². The molecule has 5 heteroatoms. The van der Waals surface area contributed by atoms with Gasteiger partial charge in [0.05, 0.1) is 24.8 Å². The molecule has 1 aliphatic rings. The molecule has 0 aliphatic carbocycles. The van der Waals surface area contributed by atoms with Crippen molar-refractivity contribution in [3.8, 4) is 0 Å². The highest BCUT2D eigenvalue weighted by Crippen LogP contribution is 2.24. The summed E-state index contributed by atoms with van der Waals surface area (Å²) in [6.45, 7) is 8.48. The molecule has 0 amide bonds. The second-order valence-corrected chi connectivity index (χ2v) is 7.18. The Balaban J connectivity index is 1.57. The van der Waals surface area contributed by atoms with Gasteiger partial charge in [-0.25, -0.2) is 4.98 Å². The van der Waals surface area contributed by atoms with Crippen LogP contribution in [0.25, 0.3) is 10.9 Å². The first kappa shape index (κ1) is 17.9. The minimum Gasteiger partial charge on any atom is -0.379 e. The van der Waals surface area contributed by atoms with E-state index in [9.17, 15) is 0 Å². The van der Waals surface area contributed by atoms with Crippen LogP contribution in [0.2, 0.25) is 0 Å². The first-order chi connectivity index (χ1) is 13.2. The highest BCUT2D eigenvalue weighted by atomic mass is 16.5. The van der Waals surface area contributed by atoms with Crippen molar-refractivity contribution in [3.05, 3.63) is 65.5 Å². The Bertz CT molecular complexity index is 907. The topological polar surface area (TPSA) is 50.3 Å². The Morgan fingerprint density at radius 2 is 2.00 bits per heavy atom. The van der Waals surface area contributed by atoms with E-state index in [1.807, 2.05) is 18.5 Å². The summed E-state index contributed by atoms with van der Waals surface area (Å²) in [6.07, 6.45) is 3.78. The van der Waals surface area contributed by atoms with Gasteiger partial charge in [0.15, 0.2) is 0 Å². The Hall–Kier alpha value is -2.50. The summed E-state index contributed by atoms with van der Waals surface area (Å²) in [5.41, 5.74) is 4.76. The number of morpholine rings is 1. The molecule has 1 saturated heterocycles. The van der Waals surface area contributed by atoms with Crippen LogP contribution in [0.3, 0.4) is 0 Å². The highest BCUT2D eigenvalue weighted by Gasteiger charge is 2.22. The molecule has 0 saturated carbocycles. The van der Waals surface area contributed by atoms with Gasteiger partial charge in [0.1, 0.15) is 5.82 Å². The first-order valence-corrected chi connectivity index (χ1v) is 9.54. The van der Waals surface area contributed by atoms with E-state index < -0.39 is 0 Å². The lowest BCUT2D eigenvalue weighted by Gasteiger charge is -2.34. The number of benzene rings is 1. The number of rotatable bonds is 5. The van der Waals surface area contributed by atoms with Crippen LogP contribution >= 0.6 is 0 Å². The second-order valence-electron chi connectivity index (χ2n) is 7.18. The minimum absolute atomic E-state index is 0.249. The zero-order valence-electron chi connectivity index (χ0n) is 16.0. The molecule has 1 fully saturated rings. The van der Waals surface area contributed by atoms with Crippen molar-refractivity contribution in [1.82, 2.24) is 14.9 Å². The van der Waals surface area contributed by atoms with Gasteiger partial charge >= 0.3 is 0 Å². The highest BCUT2D eigenvalue weighted by molar-refractivity contribution is 5.84. The number of hydrogen-bond donors (Lipinski definition) is 1. The summed E-state index contributed by atoms with van der Waals surface area (Å²) >= 11 is 0. The third-order valence-corrected chi connectivity index (χ3v) is 5.20. The zero-order chi connectivity index (χ0) is 18.6. The van der Waals surface area contributed by atoms with Gasteiger partial charge in [-0.2, -0.15) is 0 Å². The number of aryl methyl sites for hydroxylation is 2. The second kappa shape index (κ2) is 8.03. The van der Waals surface area contributed by atoms with Crippen LogP contribution in [-0.4, -0.2) is 47.7 Å². The predicted molar refractivity (Wildman–Crippen MR) is 109 cm³/mol. The fraction of sp³-hybridized carbons (Fsp3) is 0.364. The van der Waals surface area contributed by atoms with Gasteiger partial charge in [-0.3, -0.25) is 9.88 Å². The average molecular weight is 362 g/mol. The van der Waals surface area contributed by atoms with Crippen molar-refractivity contribution in [2.75, 3.05) is 38.2 Å². The van der Waals surface area contributed by atoms with Crippen molar-refractivity contribution in [2.45, 2.75) is 19.9 Å². The van der Waals surface area contributed by atoms with Crippen LogP contribution in [0.4, 0.5) is 5.82 Å². The monoisotopic (exact) mass is 362 g/mol. The number of anilines is 1. The number of ether oxygens (including phenoxy) is 1. The normalized spacial score (nSPS) is 16.4. The molecule has 1 atom stereocenters. The van der Waals surface area contributed by atoms with Crippen molar-refractivity contribution >= 4 is 16.7 Å². The fourth-order valence-corrected chi connectivity index (χ4v) is 3.72. The van der Waals surface area contributed by atoms with Crippen molar-refractivity contribution in [3.63, 3.8) is 0 Å².